The van der Waals surface area contributed by atoms with E-state index in [1.165, 1.54) is 6.20 Å². The molecule has 0 fully saturated rings. The molecule has 1 aromatic rings. The van der Waals surface area contributed by atoms with E-state index in [9.17, 15) is 0 Å². The molecule has 0 aliphatic carbocycles. The summed E-state index contributed by atoms with van der Waals surface area (Å²) in [4.78, 5) is 6.28. The fourth-order valence-electron chi connectivity index (χ4n) is 1.29. The number of aromatic nitrogens is 1. The van der Waals surface area contributed by atoms with Gasteiger partial charge in [0.2, 0.25) is 0 Å². The van der Waals surface area contributed by atoms with Gasteiger partial charge in [0.05, 0.1) is 18.5 Å². The lowest BCUT2D eigenvalue weighted by molar-refractivity contribution is 0.111. The number of pyridine rings is 1. The molecule has 15 heavy (non-hydrogen) atoms. The number of rotatable bonds is 5. The number of methoxy groups -OCH3 is 1. The van der Waals surface area contributed by atoms with Gasteiger partial charge in [-0.3, -0.25) is 9.88 Å². The van der Waals surface area contributed by atoms with Crippen LogP contribution in [0.4, 0.5) is 0 Å². The summed E-state index contributed by atoms with van der Waals surface area (Å²) in [5.41, 5.74) is 0.943. The topological polar surface area (TPSA) is 45.6 Å². The standard InChI is InChI=1S/C11H18N2O2/c1-9(8-15-3)13(2)7-10-4-5-11(14)6-12-10/h4-6,9,14H,7-8H2,1-3H3. The zero-order valence-electron chi connectivity index (χ0n) is 9.47. The molecule has 1 unspecified atom stereocenters. The predicted octanol–water partition coefficient (Wildman–Crippen LogP) is 1.25. The van der Waals surface area contributed by atoms with E-state index in [0.29, 0.717) is 12.6 Å². The largest absolute Gasteiger partial charge is 0.506 e. The number of ether oxygens (including phenoxy) is 1. The van der Waals surface area contributed by atoms with Crippen molar-refractivity contribution in [3.63, 3.8) is 0 Å². The maximum absolute atomic E-state index is 9.09. The number of hydrogen-bond acceptors (Lipinski definition) is 4. The third-order valence-electron chi connectivity index (χ3n) is 2.38. The summed E-state index contributed by atoms with van der Waals surface area (Å²) in [5.74, 6) is 0.200. The van der Waals surface area contributed by atoms with Crippen LogP contribution in [-0.4, -0.2) is 41.8 Å². The molecule has 1 atom stereocenters. The SMILES string of the molecule is COCC(C)N(C)Cc1ccc(O)cn1. The lowest BCUT2D eigenvalue weighted by Crippen LogP contribution is -2.32. The average molecular weight is 210 g/mol. The molecule has 0 aromatic carbocycles. The van der Waals surface area contributed by atoms with Crippen molar-refractivity contribution in [2.75, 3.05) is 20.8 Å². The van der Waals surface area contributed by atoms with Crippen LogP contribution in [0.5, 0.6) is 5.75 Å². The molecule has 1 heterocycles. The quantitative estimate of drug-likeness (QED) is 0.794. The summed E-state index contributed by atoms with van der Waals surface area (Å²) in [6.45, 7) is 3.56. The van der Waals surface area contributed by atoms with Crippen LogP contribution in [-0.2, 0) is 11.3 Å². The van der Waals surface area contributed by atoms with Crippen molar-refractivity contribution in [2.45, 2.75) is 19.5 Å². The monoisotopic (exact) mass is 210 g/mol. The number of likely N-dealkylation sites (N-methyl/N-ethyl adjacent to an activating group) is 1. The highest BCUT2D eigenvalue weighted by molar-refractivity contribution is 5.17. The molecule has 0 bridgehead atoms. The Kier molecular flexibility index (Phi) is 4.52. The van der Waals surface area contributed by atoms with Crippen molar-refractivity contribution in [1.82, 2.24) is 9.88 Å². The Morgan fingerprint density at radius 2 is 2.27 bits per heavy atom. The molecule has 4 heteroatoms. The minimum absolute atomic E-state index is 0.200. The zero-order chi connectivity index (χ0) is 11.3. The molecule has 1 N–H and O–H groups in total. The van der Waals surface area contributed by atoms with Crippen LogP contribution in [0.25, 0.3) is 0 Å². The van der Waals surface area contributed by atoms with Gasteiger partial charge in [0.15, 0.2) is 0 Å². The van der Waals surface area contributed by atoms with Gasteiger partial charge in [-0.15, -0.1) is 0 Å². The average Bonchev–Trinajstić information content (AvgIpc) is 2.22. The van der Waals surface area contributed by atoms with E-state index in [4.69, 9.17) is 9.84 Å². The Morgan fingerprint density at radius 3 is 2.80 bits per heavy atom. The molecule has 0 aliphatic rings. The van der Waals surface area contributed by atoms with Crippen LogP contribution in [0.15, 0.2) is 18.3 Å². The predicted molar refractivity (Wildman–Crippen MR) is 58.7 cm³/mol. The lowest BCUT2D eigenvalue weighted by atomic mass is 10.2. The van der Waals surface area contributed by atoms with E-state index < -0.39 is 0 Å². The second-order valence-corrected chi connectivity index (χ2v) is 3.73. The first-order chi connectivity index (χ1) is 7.13. The minimum atomic E-state index is 0.200. The van der Waals surface area contributed by atoms with Crippen LogP contribution in [0.1, 0.15) is 12.6 Å². The van der Waals surface area contributed by atoms with Crippen molar-refractivity contribution in [3.8, 4) is 5.75 Å². The van der Waals surface area contributed by atoms with E-state index in [1.54, 1.807) is 13.2 Å². The third kappa shape index (κ3) is 3.85. The fraction of sp³-hybridized carbons (Fsp3) is 0.545. The molecule has 0 saturated carbocycles. The van der Waals surface area contributed by atoms with Gasteiger partial charge >= 0.3 is 0 Å². The Bertz CT molecular complexity index is 287. The molecular weight excluding hydrogens is 192 g/mol. The highest BCUT2D eigenvalue weighted by Gasteiger charge is 2.09. The Labute approximate surface area is 90.5 Å². The smallest absolute Gasteiger partial charge is 0.133 e. The van der Waals surface area contributed by atoms with Crippen LogP contribution in [0.2, 0.25) is 0 Å². The summed E-state index contributed by atoms with van der Waals surface area (Å²) >= 11 is 0. The van der Waals surface area contributed by atoms with Gasteiger partial charge in [-0.25, -0.2) is 0 Å². The number of nitrogens with zero attached hydrogens (tertiary/aromatic N) is 2. The molecule has 0 saturated heterocycles. The fourth-order valence-corrected chi connectivity index (χ4v) is 1.29. The molecule has 84 valence electrons. The molecule has 1 rings (SSSR count). The normalized spacial score (nSPS) is 13.1. The molecule has 0 radical (unpaired) electrons. The Balaban J connectivity index is 2.50. The van der Waals surface area contributed by atoms with Crippen molar-refractivity contribution >= 4 is 0 Å². The summed E-state index contributed by atoms with van der Waals surface area (Å²) in [5, 5.41) is 9.09. The molecule has 0 aliphatic heterocycles. The van der Waals surface area contributed by atoms with Crippen LogP contribution >= 0.6 is 0 Å². The first kappa shape index (κ1) is 11.9. The van der Waals surface area contributed by atoms with E-state index in [1.807, 2.05) is 13.1 Å². The van der Waals surface area contributed by atoms with Crippen molar-refractivity contribution in [2.24, 2.45) is 0 Å². The van der Waals surface area contributed by atoms with Crippen LogP contribution in [0.3, 0.4) is 0 Å². The Morgan fingerprint density at radius 1 is 1.53 bits per heavy atom. The van der Waals surface area contributed by atoms with Crippen molar-refractivity contribution in [1.29, 1.82) is 0 Å². The van der Waals surface area contributed by atoms with Crippen LogP contribution < -0.4 is 0 Å². The number of aromatic hydroxyl groups is 1. The van der Waals surface area contributed by atoms with Gasteiger partial charge < -0.3 is 9.84 Å². The highest BCUT2D eigenvalue weighted by Crippen LogP contribution is 2.08. The molecule has 0 spiro atoms. The van der Waals surface area contributed by atoms with Crippen molar-refractivity contribution < 1.29 is 9.84 Å². The maximum atomic E-state index is 9.09. The second kappa shape index (κ2) is 5.68. The second-order valence-electron chi connectivity index (χ2n) is 3.73. The third-order valence-corrected chi connectivity index (χ3v) is 2.38. The first-order valence-electron chi connectivity index (χ1n) is 4.96. The van der Waals surface area contributed by atoms with Gasteiger partial charge in [-0.1, -0.05) is 0 Å². The van der Waals surface area contributed by atoms with Gasteiger partial charge in [0, 0.05) is 19.7 Å². The Hall–Kier alpha value is -1.13. The van der Waals surface area contributed by atoms with Gasteiger partial charge in [-0.2, -0.15) is 0 Å². The summed E-state index contributed by atoms with van der Waals surface area (Å²) in [7, 11) is 3.72. The maximum Gasteiger partial charge on any atom is 0.133 e. The molecule has 4 nitrogen and oxygen atoms in total. The summed E-state index contributed by atoms with van der Waals surface area (Å²) < 4.78 is 5.08. The lowest BCUT2D eigenvalue weighted by Gasteiger charge is -2.23. The van der Waals surface area contributed by atoms with Crippen molar-refractivity contribution in [3.05, 3.63) is 24.0 Å². The van der Waals surface area contributed by atoms with Gasteiger partial charge in [-0.05, 0) is 26.1 Å². The van der Waals surface area contributed by atoms with Crippen LogP contribution in [0, 0.1) is 0 Å². The molecule has 1 aromatic heterocycles. The summed E-state index contributed by atoms with van der Waals surface area (Å²) in [6, 6.07) is 3.83. The zero-order valence-corrected chi connectivity index (χ0v) is 9.47. The highest BCUT2D eigenvalue weighted by atomic mass is 16.5. The summed E-state index contributed by atoms with van der Waals surface area (Å²) in [6.07, 6.45) is 1.46. The van der Waals surface area contributed by atoms with Gasteiger partial charge in [0.25, 0.3) is 0 Å². The van der Waals surface area contributed by atoms with Gasteiger partial charge in [0.1, 0.15) is 5.75 Å². The molecule has 0 amide bonds. The van der Waals surface area contributed by atoms with E-state index in [2.05, 4.69) is 16.8 Å². The minimum Gasteiger partial charge on any atom is -0.506 e. The van der Waals surface area contributed by atoms with E-state index in [-0.39, 0.29) is 5.75 Å². The number of hydrogen-bond donors (Lipinski definition) is 1. The van der Waals surface area contributed by atoms with E-state index in [0.717, 1.165) is 12.2 Å². The van der Waals surface area contributed by atoms with E-state index >= 15 is 0 Å². The molecular formula is C11H18N2O2. The first-order valence-corrected chi connectivity index (χ1v) is 4.96.